The van der Waals surface area contributed by atoms with Crippen LogP contribution in [0, 0.1) is 11.3 Å². The number of hydrogen-bond donors (Lipinski definition) is 3. The summed E-state index contributed by atoms with van der Waals surface area (Å²) in [4.78, 5) is 0.0855. The van der Waals surface area contributed by atoms with Crippen molar-refractivity contribution in [3.05, 3.63) is 41.6 Å². The molecule has 0 aromatic heterocycles. The van der Waals surface area contributed by atoms with Crippen molar-refractivity contribution < 1.29 is 0 Å². The molecule has 5 heteroatoms. The molecule has 4 N–H and O–H groups in total. The van der Waals surface area contributed by atoms with Crippen LogP contribution in [-0.4, -0.2) is 4.99 Å². The van der Waals surface area contributed by atoms with E-state index in [0.717, 1.165) is 5.69 Å². The van der Waals surface area contributed by atoms with Crippen LogP contribution in [-0.2, 0) is 0 Å². The lowest BCUT2D eigenvalue weighted by atomic mass is 10.2. The van der Waals surface area contributed by atoms with E-state index in [1.807, 2.05) is 36.4 Å². The normalized spacial score (nSPS) is 11.0. The van der Waals surface area contributed by atoms with Gasteiger partial charge in [0.25, 0.3) is 0 Å². The zero-order valence-electron chi connectivity index (χ0n) is 8.82. The van der Waals surface area contributed by atoms with E-state index in [4.69, 9.17) is 23.2 Å². The fourth-order valence-electron chi connectivity index (χ4n) is 1.07. The van der Waals surface area contributed by atoms with E-state index < -0.39 is 0 Å². The first-order chi connectivity index (χ1) is 7.65. The summed E-state index contributed by atoms with van der Waals surface area (Å²) in [6.07, 6.45) is 0. The molecule has 0 spiro atoms. The summed E-state index contributed by atoms with van der Waals surface area (Å²) >= 11 is 4.75. The molecule has 1 aromatic carbocycles. The zero-order chi connectivity index (χ0) is 12.0. The molecule has 0 bridgehead atoms. The number of nitrogens with one attached hydrogen (secondary N) is 2. The third kappa shape index (κ3) is 3.26. The average molecular weight is 232 g/mol. The second-order valence-electron chi connectivity index (χ2n) is 3.09. The summed E-state index contributed by atoms with van der Waals surface area (Å²) in [7, 11) is 0. The van der Waals surface area contributed by atoms with Crippen molar-refractivity contribution in [1.29, 1.82) is 5.26 Å². The molecule has 0 amide bonds. The number of rotatable bonds is 4. The van der Waals surface area contributed by atoms with Crippen LogP contribution < -0.4 is 16.6 Å². The first kappa shape index (κ1) is 12.0. The van der Waals surface area contributed by atoms with Crippen LogP contribution >= 0.6 is 12.2 Å². The van der Waals surface area contributed by atoms with Gasteiger partial charge in [0.2, 0.25) is 0 Å². The number of allylic oxidation sites excluding steroid dienone is 1. The molecule has 0 aliphatic rings. The average Bonchev–Trinajstić information content (AvgIpc) is 2.28. The molecule has 0 saturated heterocycles. The van der Waals surface area contributed by atoms with Gasteiger partial charge in [0.1, 0.15) is 16.6 Å². The van der Waals surface area contributed by atoms with Gasteiger partial charge >= 0.3 is 0 Å². The Bertz CT molecular complexity index is 445. The van der Waals surface area contributed by atoms with Crippen molar-refractivity contribution in [2.75, 3.05) is 5.43 Å². The largest absolute Gasteiger partial charge is 0.389 e. The van der Waals surface area contributed by atoms with Gasteiger partial charge in [-0.15, -0.1) is 0 Å². The quantitative estimate of drug-likeness (QED) is 0.319. The minimum Gasteiger partial charge on any atom is -0.389 e. The third-order valence-corrected chi connectivity index (χ3v) is 2.11. The second kappa shape index (κ2) is 5.73. The summed E-state index contributed by atoms with van der Waals surface area (Å²) in [5.41, 5.74) is 13.0. The summed E-state index contributed by atoms with van der Waals surface area (Å²) in [5, 5.41) is 8.82. The molecule has 0 saturated carbocycles. The Hall–Kier alpha value is -2.06. The number of anilines is 1. The van der Waals surface area contributed by atoms with Gasteiger partial charge in [0, 0.05) is 5.70 Å². The van der Waals surface area contributed by atoms with E-state index >= 15 is 0 Å². The van der Waals surface area contributed by atoms with Crippen LogP contribution in [0.15, 0.2) is 41.6 Å². The number of nitrogens with two attached hydrogens (primary N) is 1. The molecular formula is C11H12N4S. The van der Waals surface area contributed by atoms with Crippen molar-refractivity contribution in [2.45, 2.75) is 6.92 Å². The Balaban J connectivity index is 2.69. The van der Waals surface area contributed by atoms with Gasteiger partial charge in [-0.1, -0.05) is 30.4 Å². The second-order valence-corrected chi connectivity index (χ2v) is 3.53. The van der Waals surface area contributed by atoms with Crippen LogP contribution in [0.5, 0.6) is 0 Å². The molecule has 0 aliphatic heterocycles. The first-order valence-electron chi connectivity index (χ1n) is 4.63. The Kier molecular flexibility index (Phi) is 4.30. The van der Waals surface area contributed by atoms with E-state index in [1.54, 1.807) is 6.92 Å². The monoisotopic (exact) mass is 232 g/mol. The molecule has 1 aromatic rings. The van der Waals surface area contributed by atoms with Gasteiger partial charge in [0.15, 0.2) is 0 Å². The Morgan fingerprint density at radius 1 is 1.38 bits per heavy atom. The number of nitrogens with zero attached hydrogens (tertiary/aromatic N) is 1. The highest BCUT2D eigenvalue weighted by atomic mass is 32.1. The van der Waals surface area contributed by atoms with Crippen molar-refractivity contribution in [1.82, 2.24) is 5.43 Å². The number of hydrazine groups is 1. The maximum atomic E-state index is 8.82. The Morgan fingerprint density at radius 3 is 2.50 bits per heavy atom. The van der Waals surface area contributed by atoms with Crippen molar-refractivity contribution in [3.63, 3.8) is 0 Å². The summed E-state index contributed by atoms with van der Waals surface area (Å²) < 4.78 is 0. The maximum absolute atomic E-state index is 8.82. The van der Waals surface area contributed by atoms with Crippen molar-refractivity contribution in [3.8, 4) is 6.07 Å². The fraction of sp³-hybridized carbons (Fsp3) is 0.0909. The predicted molar refractivity (Wildman–Crippen MR) is 68.3 cm³/mol. The summed E-state index contributed by atoms with van der Waals surface area (Å²) in [6.45, 7) is 1.73. The minimum absolute atomic E-state index is 0.0855. The highest BCUT2D eigenvalue weighted by molar-refractivity contribution is 7.80. The van der Waals surface area contributed by atoms with Gasteiger partial charge in [-0.25, -0.2) is 0 Å². The lowest BCUT2D eigenvalue weighted by Gasteiger charge is -2.11. The van der Waals surface area contributed by atoms with E-state index in [0.29, 0.717) is 5.70 Å². The van der Waals surface area contributed by atoms with Crippen LogP contribution in [0.4, 0.5) is 5.69 Å². The van der Waals surface area contributed by atoms with E-state index in [2.05, 4.69) is 10.9 Å². The van der Waals surface area contributed by atoms with Crippen LogP contribution in [0.1, 0.15) is 6.92 Å². The molecule has 0 unspecified atom stereocenters. The molecule has 0 atom stereocenters. The Morgan fingerprint density at radius 2 is 2.00 bits per heavy atom. The highest BCUT2D eigenvalue weighted by Gasteiger charge is 2.04. The minimum atomic E-state index is 0.0855. The third-order valence-electron chi connectivity index (χ3n) is 1.90. The van der Waals surface area contributed by atoms with Crippen LogP contribution in [0.2, 0.25) is 0 Å². The first-order valence-corrected chi connectivity index (χ1v) is 5.04. The smallest absolute Gasteiger partial charge is 0.116 e. The lowest BCUT2D eigenvalue weighted by molar-refractivity contribution is 0.955. The lowest BCUT2D eigenvalue weighted by Crippen LogP contribution is -2.24. The number of benzene rings is 1. The molecule has 16 heavy (non-hydrogen) atoms. The highest BCUT2D eigenvalue weighted by Crippen LogP contribution is 2.05. The fourth-order valence-corrected chi connectivity index (χ4v) is 1.27. The van der Waals surface area contributed by atoms with E-state index in [-0.39, 0.29) is 10.6 Å². The maximum Gasteiger partial charge on any atom is 0.116 e. The van der Waals surface area contributed by atoms with Crippen molar-refractivity contribution in [2.24, 2.45) is 5.73 Å². The molecular weight excluding hydrogens is 220 g/mol. The van der Waals surface area contributed by atoms with Gasteiger partial charge in [-0.05, 0) is 19.1 Å². The molecule has 4 nitrogen and oxygen atoms in total. The number of hydrogen-bond acceptors (Lipinski definition) is 4. The number of thiocarbonyl (C=S) groups is 1. The predicted octanol–water partition coefficient (Wildman–Crippen LogP) is 1.69. The molecule has 82 valence electrons. The van der Waals surface area contributed by atoms with E-state index in [9.17, 15) is 0 Å². The van der Waals surface area contributed by atoms with Gasteiger partial charge in [-0.2, -0.15) is 5.26 Å². The zero-order valence-corrected chi connectivity index (χ0v) is 9.64. The SMILES string of the molecule is C/C(NNc1ccccc1)=C(/C#N)C(N)=S. The summed E-state index contributed by atoms with van der Waals surface area (Å²) in [6, 6.07) is 11.5. The standard InChI is InChI=1S/C11H12N4S/c1-8(10(7-12)11(13)16)14-15-9-5-3-2-4-6-9/h2-6,14-15H,1H3,(H2,13,16)/b10-8+. The molecule has 0 radical (unpaired) electrons. The Labute approximate surface area is 99.7 Å². The van der Waals surface area contributed by atoms with E-state index in [1.165, 1.54) is 0 Å². The van der Waals surface area contributed by atoms with Crippen molar-refractivity contribution >= 4 is 22.9 Å². The van der Waals surface area contributed by atoms with Gasteiger partial charge in [0.05, 0.1) is 5.69 Å². The molecule has 0 heterocycles. The molecule has 1 rings (SSSR count). The van der Waals surface area contributed by atoms with Gasteiger partial charge in [-0.3, -0.25) is 0 Å². The summed E-state index contributed by atoms with van der Waals surface area (Å²) in [5.74, 6) is 0. The topological polar surface area (TPSA) is 73.9 Å². The number of para-hydroxylation sites is 1. The number of nitriles is 1. The molecule has 0 aliphatic carbocycles. The molecule has 0 fully saturated rings. The van der Waals surface area contributed by atoms with Crippen LogP contribution in [0.3, 0.4) is 0 Å². The van der Waals surface area contributed by atoms with Gasteiger partial charge < -0.3 is 16.6 Å². The van der Waals surface area contributed by atoms with Crippen LogP contribution in [0.25, 0.3) is 0 Å².